The molecule has 0 unspecified atom stereocenters. The number of aromatic nitrogens is 2. The quantitative estimate of drug-likeness (QED) is 0.388. The maximum atomic E-state index is 13.7. The topological polar surface area (TPSA) is 41.3 Å². The molecule has 0 spiro atoms. The summed E-state index contributed by atoms with van der Waals surface area (Å²) in [6, 6.07) is 13.8. The van der Waals surface area contributed by atoms with E-state index in [4.69, 9.17) is 0 Å². The van der Waals surface area contributed by atoms with E-state index in [1.807, 2.05) is 23.2 Å². The van der Waals surface area contributed by atoms with Crippen molar-refractivity contribution in [3.05, 3.63) is 83.7 Å². The van der Waals surface area contributed by atoms with Crippen molar-refractivity contribution in [2.45, 2.75) is 63.9 Å². The number of hydrogen-bond acceptors (Lipinski definition) is 3. The van der Waals surface area contributed by atoms with Crippen molar-refractivity contribution in [3.8, 4) is 5.69 Å². The van der Waals surface area contributed by atoms with E-state index in [0.29, 0.717) is 12.3 Å². The highest BCUT2D eigenvalue weighted by Crippen LogP contribution is 2.45. The number of fused-ring (bicyclic) bond motifs is 1. The number of benzene rings is 2. The van der Waals surface area contributed by atoms with Crippen LogP contribution in [-0.2, 0) is 12.8 Å². The van der Waals surface area contributed by atoms with Crippen molar-refractivity contribution in [1.82, 2.24) is 14.5 Å². The molecule has 1 aromatic heterocycles. The van der Waals surface area contributed by atoms with Crippen LogP contribution in [0.4, 0.5) is 4.39 Å². The largest absolute Gasteiger partial charge is 0.389 e. The molecule has 1 aliphatic carbocycles. The average molecular weight is 464 g/mol. The van der Waals surface area contributed by atoms with Crippen molar-refractivity contribution >= 4 is 0 Å². The molecule has 0 aliphatic heterocycles. The molecule has 3 aromatic rings. The first-order valence-electron chi connectivity index (χ1n) is 12.6. The lowest BCUT2D eigenvalue weighted by Gasteiger charge is -2.44. The maximum absolute atomic E-state index is 13.7. The van der Waals surface area contributed by atoms with Gasteiger partial charge in [-0.05, 0) is 99.0 Å². The number of aryl methyl sites for hydroxylation is 2. The molecule has 34 heavy (non-hydrogen) atoms. The van der Waals surface area contributed by atoms with Crippen molar-refractivity contribution in [3.63, 3.8) is 0 Å². The highest BCUT2D eigenvalue weighted by molar-refractivity contribution is 5.37. The number of halogens is 1. The molecular weight excluding hydrogens is 425 g/mol. The first-order chi connectivity index (χ1) is 16.4. The van der Waals surface area contributed by atoms with Crippen LogP contribution in [0, 0.1) is 11.7 Å². The second-order valence-electron chi connectivity index (χ2n) is 10.3. The molecule has 0 fully saturated rings. The number of rotatable bonds is 10. The van der Waals surface area contributed by atoms with Crippen LogP contribution >= 0.6 is 0 Å². The third kappa shape index (κ3) is 5.76. The predicted octanol–water partition coefficient (Wildman–Crippen LogP) is 5.77. The molecule has 0 saturated carbocycles. The van der Waals surface area contributed by atoms with E-state index in [0.717, 1.165) is 62.0 Å². The first-order valence-corrected chi connectivity index (χ1v) is 12.6. The van der Waals surface area contributed by atoms with Gasteiger partial charge in [-0.1, -0.05) is 32.0 Å². The standard InChI is InChI=1S/C29H38FN3O/c1-22(2)28-27-12-9-25(30)20-24(27)13-14-29(28,34)15-18-32(3)17-5-4-6-23-7-10-26(11-8-23)33-19-16-31-21-33/h7-12,16,19-22,28,34H,4-6,13-15,17-18H2,1-3H3/t28-,29-/m0/s1. The molecule has 1 aliphatic rings. The predicted molar refractivity (Wildman–Crippen MR) is 136 cm³/mol. The van der Waals surface area contributed by atoms with Crippen LogP contribution in [0.5, 0.6) is 0 Å². The molecule has 0 saturated heterocycles. The molecule has 5 heteroatoms. The average Bonchev–Trinajstić information content (AvgIpc) is 3.36. The lowest BCUT2D eigenvalue weighted by Crippen LogP contribution is -2.45. The van der Waals surface area contributed by atoms with Crippen LogP contribution in [-0.4, -0.2) is 45.3 Å². The Kier molecular flexibility index (Phi) is 7.84. The van der Waals surface area contributed by atoms with Gasteiger partial charge >= 0.3 is 0 Å². The molecule has 0 bridgehead atoms. The highest BCUT2D eigenvalue weighted by Gasteiger charge is 2.43. The Morgan fingerprint density at radius 2 is 1.94 bits per heavy atom. The number of nitrogens with zero attached hydrogens (tertiary/aromatic N) is 3. The minimum Gasteiger partial charge on any atom is -0.389 e. The summed E-state index contributed by atoms with van der Waals surface area (Å²) in [6.07, 6.45) is 11.1. The number of hydrogen-bond donors (Lipinski definition) is 1. The molecule has 2 aromatic carbocycles. The van der Waals surface area contributed by atoms with Gasteiger partial charge in [0.25, 0.3) is 0 Å². The van der Waals surface area contributed by atoms with Crippen molar-refractivity contribution < 1.29 is 9.50 Å². The molecule has 0 amide bonds. The van der Waals surface area contributed by atoms with E-state index in [1.54, 1.807) is 12.3 Å². The van der Waals surface area contributed by atoms with E-state index in [2.05, 4.69) is 55.0 Å². The Bertz CT molecular complexity index is 1050. The monoisotopic (exact) mass is 463 g/mol. The second-order valence-corrected chi connectivity index (χ2v) is 10.3. The fraction of sp³-hybridized carbons (Fsp3) is 0.483. The van der Waals surface area contributed by atoms with Crippen molar-refractivity contribution in [2.24, 2.45) is 5.92 Å². The summed E-state index contributed by atoms with van der Waals surface area (Å²) >= 11 is 0. The Morgan fingerprint density at radius 1 is 1.15 bits per heavy atom. The van der Waals surface area contributed by atoms with E-state index in [-0.39, 0.29) is 11.7 Å². The Hall–Kier alpha value is -2.50. The smallest absolute Gasteiger partial charge is 0.123 e. The lowest BCUT2D eigenvalue weighted by atomic mass is 9.66. The Morgan fingerprint density at radius 3 is 2.65 bits per heavy atom. The van der Waals surface area contributed by atoms with Crippen molar-refractivity contribution in [1.29, 1.82) is 0 Å². The van der Waals surface area contributed by atoms with Crippen LogP contribution in [0.3, 0.4) is 0 Å². The van der Waals surface area contributed by atoms with Gasteiger partial charge in [0, 0.05) is 30.5 Å². The Labute approximate surface area is 203 Å². The number of unbranched alkanes of at least 4 members (excludes halogenated alkanes) is 1. The fourth-order valence-electron chi connectivity index (χ4n) is 5.60. The van der Waals surface area contributed by atoms with Crippen LogP contribution in [0.15, 0.2) is 61.2 Å². The van der Waals surface area contributed by atoms with E-state index < -0.39 is 5.60 Å². The highest BCUT2D eigenvalue weighted by atomic mass is 19.1. The fourth-order valence-corrected chi connectivity index (χ4v) is 5.60. The van der Waals surface area contributed by atoms with E-state index in [9.17, 15) is 9.50 Å². The van der Waals surface area contributed by atoms with Crippen LogP contribution < -0.4 is 0 Å². The van der Waals surface area contributed by atoms with Crippen molar-refractivity contribution in [2.75, 3.05) is 20.1 Å². The SMILES string of the molecule is CC(C)[C@H]1c2ccc(F)cc2CC[C@]1(O)CCN(C)CCCCc1ccc(-n2ccnc2)cc1. The van der Waals surface area contributed by atoms with Gasteiger partial charge in [0.2, 0.25) is 0 Å². The van der Waals surface area contributed by atoms with Gasteiger partial charge in [-0.2, -0.15) is 0 Å². The molecule has 4 rings (SSSR count). The first kappa shape index (κ1) is 24.6. The van der Waals surface area contributed by atoms with Gasteiger partial charge in [-0.25, -0.2) is 9.37 Å². The lowest BCUT2D eigenvalue weighted by molar-refractivity contribution is -0.0301. The number of imidazole rings is 1. The van der Waals surface area contributed by atoms with Gasteiger partial charge in [0.05, 0.1) is 11.9 Å². The van der Waals surface area contributed by atoms with Gasteiger partial charge in [-0.3, -0.25) is 0 Å². The van der Waals surface area contributed by atoms with Gasteiger partial charge < -0.3 is 14.6 Å². The molecule has 2 atom stereocenters. The van der Waals surface area contributed by atoms with Gasteiger partial charge in [0.1, 0.15) is 5.82 Å². The minimum absolute atomic E-state index is 0.0514. The molecule has 182 valence electrons. The summed E-state index contributed by atoms with van der Waals surface area (Å²) in [5.41, 5.74) is 3.96. The molecule has 1 N–H and O–H groups in total. The third-order valence-electron chi connectivity index (χ3n) is 7.43. The molecule has 1 heterocycles. The van der Waals surface area contributed by atoms with E-state index in [1.165, 1.54) is 11.6 Å². The normalized spacial score (nSPS) is 20.1. The number of aliphatic hydroxyl groups is 1. The zero-order valence-corrected chi connectivity index (χ0v) is 20.8. The Balaban J connectivity index is 1.24. The summed E-state index contributed by atoms with van der Waals surface area (Å²) in [5.74, 6) is 0.177. The summed E-state index contributed by atoms with van der Waals surface area (Å²) in [5, 5.41) is 11.7. The van der Waals surface area contributed by atoms with Gasteiger partial charge in [-0.15, -0.1) is 0 Å². The zero-order valence-electron chi connectivity index (χ0n) is 20.8. The summed E-state index contributed by atoms with van der Waals surface area (Å²) < 4.78 is 15.7. The zero-order chi connectivity index (χ0) is 24.1. The van der Waals surface area contributed by atoms with Crippen LogP contribution in [0.1, 0.15) is 62.1 Å². The second kappa shape index (κ2) is 10.8. The minimum atomic E-state index is -0.732. The summed E-state index contributed by atoms with van der Waals surface area (Å²) in [4.78, 5) is 6.45. The molecular formula is C29H38FN3O. The summed E-state index contributed by atoms with van der Waals surface area (Å²) in [7, 11) is 2.15. The van der Waals surface area contributed by atoms with Gasteiger partial charge in [0.15, 0.2) is 0 Å². The summed E-state index contributed by atoms with van der Waals surface area (Å²) in [6.45, 7) is 6.23. The van der Waals surface area contributed by atoms with Crippen LogP contribution in [0.2, 0.25) is 0 Å². The van der Waals surface area contributed by atoms with E-state index >= 15 is 0 Å². The van der Waals surface area contributed by atoms with Crippen LogP contribution in [0.25, 0.3) is 5.69 Å². The maximum Gasteiger partial charge on any atom is 0.123 e. The third-order valence-corrected chi connectivity index (χ3v) is 7.43. The molecule has 4 nitrogen and oxygen atoms in total. The molecule has 0 radical (unpaired) electrons.